The van der Waals surface area contributed by atoms with Crippen molar-refractivity contribution in [1.82, 2.24) is 9.55 Å². The zero-order chi connectivity index (χ0) is 15.6. The topological polar surface area (TPSA) is 54.0 Å². The number of aryl methyl sites for hydroxylation is 1. The normalized spacial score (nSPS) is 28.9. The maximum atomic E-state index is 8.82. The van der Waals surface area contributed by atoms with Crippen molar-refractivity contribution in [2.24, 2.45) is 4.99 Å². The summed E-state index contributed by atoms with van der Waals surface area (Å²) in [6.07, 6.45) is 4.61. The van der Waals surface area contributed by atoms with Gasteiger partial charge in [-0.05, 0) is 24.0 Å². The average molecular weight is 318 g/mol. The number of nitrogens with zero attached hydrogens (tertiary/aromatic N) is 4. The maximum absolute atomic E-state index is 8.82. The van der Waals surface area contributed by atoms with Crippen molar-refractivity contribution in [3.8, 4) is 17.3 Å². The maximum Gasteiger partial charge on any atom is 0.151 e. The molecule has 3 aliphatic rings. The molecule has 0 N–H and O–H groups in total. The van der Waals surface area contributed by atoms with Gasteiger partial charge in [0.15, 0.2) is 5.82 Å². The summed E-state index contributed by atoms with van der Waals surface area (Å²) in [6.45, 7) is 2.06. The van der Waals surface area contributed by atoms with E-state index in [0.717, 1.165) is 22.6 Å². The van der Waals surface area contributed by atoms with Gasteiger partial charge in [-0.2, -0.15) is 5.26 Å². The van der Waals surface area contributed by atoms with Crippen LogP contribution in [0.3, 0.4) is 0 Å². The number of fused-ring (bicyclic) bond motifs is 3. The Kier molecular flexibility index (Phi) is 2.49. The standard InChI is InChI=1S/C18H14N4S/c1-11-15(13-4-2-12(3-5-13)6-8-19)22-14(21-11)10-20-18-7-9-23-17(18)16(18)22/h2-5,7,9-10,16-17H,6H2,1H3. The van der Waals surface area contributed by atoms with Gasteiger partial charge in [0.25, 0.3) is 0 Å². The van der Waals surface area contributed by atoms with Crippen LogP contribution in [0.25, 0.3) is 11.3 Å². The molecular formula is C18H14N4S. The first-order chi connectivity index (χ1) is 11.2. The number of hydrogen-bond acceptors (Lipinski definition) is 4. The Labute approximate surface area is 138 Å². The quantitative estimate of drug-likeness (QED) is 0.854. The Morgan fingerprint density at radius 3 is 2.96 bits per heavy atom. The molecule has 4 nitrogen and oxygen atoms in total. The first-order valence-corrected chi connectivity index (χ1v) is 8.62. The SMILES string of the molecule is Cc1nc2n(c1-c1ccc(CC#N)cc1)C1C3SC=CC31N=C2. The zero-order valence-electron chi connectivity index (χ0n) is 12.6. The Bertz CT molecular complexity index is 916. The van der Waals surface area contributed by atoms with Crippen molar-refractivity contribution in [1.29, 1.82) is 5.26 Å². The molecule has 1 spiro atoms. The van der Waals surface area contributed by atoms with E-state index in [9.17, 15) is 0 Å². The van der Waals surface area contributed by atoms with Crippen LogP contribution in [0, 0.1) is 18.3 Å². The summed E-state index contributed by atoms with van der Waals surface area (Å²) in [4.78, 5) is 9.49. The molecule has 1 aliphatic carbocycles. The van der Waals surface area contributed by atoms with Gasteiger partial charge in [-0.15, -0.1) is 11.8 Å². The van der Waals surface area contributed by atoms with Gasteiger partial charge >= 0.3 is 0 Å². The second-order valence-corrected chi connectivity index (χ2v) is 7.31. The van der Waals surface area contributed by atoms with Gasteiger partial charge in [-0.1, -0.05) is 24.3 Å². The minimum atomic E-state index is -0.0414. The third-order valence-electron chi connectivity index (χ3n) is 4.97. The summed E-state index contributed by atoms with van der Waals surface area (Å²) in [7, 11) is 0. The molecule has 1 aromatic carbocycles. The largest absolute Gasteiger partial charge is 0.316 e. The number of thioether (sulfide) groups is 1. The molecule has 1 aromatic heterocycles. The van der Waals surface area contributed by atoms with Crippen molar-refractivity contribution in [2.45, 2.75) is 30.2 Å². The van der Waals surface area contributed by atoms with E-state index < -0.39 is 0 Å². The van der Waals surface area contributed by atoms with Crippen molar-refractivity contribution in [3.05, 3.63) is 52.8 Å². The lowest BCUT2D eigenvalue weighted by Crippen LogP contribution is -2.17. The van der Waals surface area contributed by atoms with Gasteiger partial charge in [-0.3, -0.25) is 4.99 Å². The molecule has 2 aromatic rings. The number of imidazole rings is 1. The van der Waals surface area contributed by atoms with Crippen LogP contribution in [0.4, 0.5) is 0 Å². The van der Waals surface area contributed by atoms with Crippen molar-refractivity contribution in [3.63, 3.8) is 0 Å². The lowest BCUT2D eigenvalue weighted by atomic mass is 10.1. The lowest BCUT2D eigenvalue weighted by Gasteiger charge is -2.17. The number of benzene rings is 1. The average Bonchev–Trinajstić information content (AvgIpc) is 2.86. The van der Waals surface area contributed by atoms with Crippen molar-refractivity contribution < 1.29 is 0 Å². The van der Waals surface area contributed by atoms with Crippen LogP contribution in [-0.4, -0.2) is 26.6 Å². The second kappa shape index (κ2) is 4.36. The molecule has 0 radical (unpaired) electrons. The van der Waals surface area contributed by atoms with Gasteiger partial charge in [0.05, 0.1) is 41.4 Å². The van der Waals surface area contributed by atoms with E-state index in [1.165, 1.54) is 5.69 Å². The van der Waals surface area contributed by atoms with Crippen LogP contribution in [0.2, 0.25) is 0 Å². The Hall–Kier alpha value is -2.32. The lowest BCUT2D eigenvalue weighted by molar-refractivity contribution is 0.641. The van der Waals surface area contributed by atoms with Crippen LogP contribution in [0.15, 0.2) is 40.7 Å². The minimum Gasteiger partial charge on any atom is -0.316 e. The summed E-state index contributed by atoms with van der Waals surface area (Å²) in [5.74, 6) is 0.956. The van der Waals surface area contributed by atoms with Crippen molar-refractivity contribution >= 4 is 18.0 Å². The highest BCUT2D eigenvalue weighted by molar-refractivity contribution is 8.03. The highest BCUT2D eigenvalue weighted by Gasteiger charge is 2.69. The Morgan fingerprint density at radius 1 is 1.35 bits per heavy atom. The molecule has 3 heterocycles. The highest BCUT2D eigenvalue weighted by Crippen LogP contribution is 2.65. The fourth-order valence-electron chi connectivity index (χ4n) is 3.82. The Balaban J connectivity index is 1.63. The van der Waals surface area contributed by atoms with Crippen molar-refractivity contribution in [2.75, 3.05) is 0 Å². The predicted octanol–water partition coefficient (Wildman–Crippen LogP) is 3.28. The van der Waals surface area contributed by atoms with E-state index in [2.05, 4.69) is 41.2 Å². The third kappa shape index (κ3) is 1.62. The van der Waals surface area contributed by atoms with Gasteiger partial charge in [0, 0.05) is 5.56 Å². The number of aromatic nitrogens is 2. The highest BCUT2D eigenvalue weighted by atomic mass is 32.2. The molecule has 3 atom stereocenters. The van der Waals surface area contributed by atoms with Crippen LogP contribution in [-0.2, 0) is 6.42 Å². The number of hydrogen-bond donors (Lipinski definition) is 0. The summed E-state index contributed by atoms with van der Waals surface area (Å²) < 4.78 is 2.36. The van der Waals surface area contributed by atoms with Gasteiger partial charge in [-0.25, -0.2) is 4.98 Å². The Morgan fingerprint density at radius 2 is 2.17 bits per heavy atom. The van der Waals surface area contributed by atoms with Crippen LogP contribution in [0.5, 0.6) is 0 Å². The van der Waals surface area contributed by atoms with E-state index in [0.29, 0.717) is 17.7 Å². The monoisotopic (exact) mass is 318 g/mol. The molecule has 0 amide bonds. The van der Waals surface area contributed by atoms with Crippen LogP contribution in [0.1, 0.15) is 23.1 Å². The summed E-state index contributed by atoms with van der Waals surface area (Å²) in [5, 5.41) is 11.5. The molecule has 5 heteroatoms. The summed E-state index contributed by atoms with van der Waals surface area (Å²) >= 11 is 1.87. The first-order valence-electron chi connectivity index (χ1n) is 7.68. The van der Waals surface area contributed by atoms with E-state index in [1.807, 2.05) is 30.1 Å². The second-order valence-electron chi connectivity index (χ2n) is 6.26. The smallest absolute Gasteiger partial charge is 0.151 e. The molecular weight excluding hydrogens is 304 g/mol. The van der Waals surface area contributed by atoms with Gasteiger partial charge < -0.3 is 4.57 Å². The molecule has 1 fully saturated rings. The fourth-order valence-corrected chi connectivity index (χ4v) is 5.19. The van der Waals surface area contributed by atoms with E-state index in [1.54, 1.807) is 0 Å². The molecule has 112 valence electrons. The minimum absolute atomic E-state index is 0.0414. The summed E-state index contributed by atoms with van der Waals surface area (Å²) in [6, 6.07) is 10.8. The van der Waals surface area contributed by atoms with E-state index >= 15 is 0 Å². The van der Waals surface area contributed by atoms with Gasteiger partial charge in [0.1, 0.15) is 5.54 Å². The molecule has 23 heavy (non-hydrogen) atoms. The van der Waals surface area contributed by atoms with Crippen LogP contribution < -0.4 is 0 Å². The molecule has 2 aliphatic heterocycles. The fraction of sp³-hybridized carbons (Fsp3) is 0.278. The van der Waals surface area contributed by atoms with Crippen LogP contribution >= 0.6 is 11.8 Å². The molecule has 5 rings (SSSR count). The molecule has 3 unspecified atom stereocenters. The molecule has 1 saturated carbocycles. The number of nitriles is 1. The van der Waals surface area contributed by atoms with E-state index in [-0.39, 0.29) is 5.54 Å². The van der Waals surface area contributed by atoms with Gasteiger partial charge in [0.2, 0.25) is 0 Å². The predicted molar refractivity (Wildman–Crippen MR) is 91.6 cm³/mol. The molecule has 0 bridgehead atoms. The first kappa shape index (κ1) is 13.1. The molecule has 0 saturated heterocycles. The summed E-state index contributed by atoms with van der Waals surface area (Å²) in [5.41, 5.74) is 4.39. The number of rotatable bonds is 2. The number of aliphatic imine (C=N–C) groups is 1. The van der Waals surface area contributed by atoms with E-state index in [4.69, 9.17) is 15.2 Å². The third-order valence-corrected chi connectivity index (χ3v) is 6.19. The zero-order valence-corrected chi connectivity index (χ0v) is 13.4.